The zero-order chi connectivity index (χ0) is 28.2. The summed E-state index contributed by atoms with van der Waals surface area (Å²) in [7, 11) is 0. The van der Waals surface area contributed by atoms with Gasteiger partial charge in [0, 0.05) is 56.6 Å². The smallest absolute Gasteiger partial charge is 0.410 e. The SMILES string of the molecule is CCN(Cc1nc2c[n+](O)c3ccccc3c2n1CCCCN(C(C)=O)C1CCOCC1)C(=O)OC(C)(C)C. The Bertz CT molecular complexity index is 1310. The van der Waals surface area contributed by atoms with Gasteiger partial charge in [0.2, 0.25) is 5.91 Å². The quantitative estimate of drug-likeness (QED) is 0.247. The van der Waals surface area contributed by atoms with Crippen LogP contribution in [0, 0.1) is 0 Å². The largest absolute Gasteiger partial charge is 0.444 e. The number of carbonyl (C=O) groups excluding carboxylic acids is 2. The van der Waals surface area contributed by atoms with Gasteiger partial charge in [-0.25, -0.2) is 9.78 Å². The van der Waals surface area contributed by atoms with Gasteiger partial charge in [0.15, 0.2) is 5.52 Å². The summed E-state index contributed by atoms with van der Waals surface area (Å²) in [4.78, 5) is 33.8. The molecule has 1 aliphatic rings. The van der Waals surface area contributed by atoms with Crippen molar-refractivity contribution in [1.29, 1.82) is 0 Å². The molecule has 1 aromatic carbocycles. The molecule has 2 aromatic heterocycles. The van der Waals surface area contributed by atoms with Crippen LogP contribution >= 0.6 is 0 Å². The van der Waals surface area contributed by atoms with Crippen molar-refractivity contribution in [3.05, 3.63) is 36.3 Å². The number of hydrogen-bond donors (Lipinski definition) is 1. The van der Waals surface area contributed by atoms with Crippen LogP contribution in [0.4, 0.5) is 4.79 Å². The number of ether oxygens (including phenoxy) is 2. The fraction of sp³-hybridized carbons (Fsp3) is 0.586. The molecule has 212 valence electrons. The Labute approximate surface area is 230 Å². The van der Waals surface area contributed by atoms with Crippen molar-refractivity contribution < 1.29 is 29.0 Å². The molecule has 0 radical (unpaired) electrons. The van der Waals surface area contributed by atoms with Crippen LogP contribution in [-0.4, -0.2) is 74.5 Å². The van der Waals surface area contributed by atoms with Crippen molar-refractivity contribution >= 4 is 33.9 Å². The summed E-state index contributed by atoms with van der Waals surface area (Å²) in [5.74, 6) is 0.826. The Hall–Kier alpha value is -3.40. The van der Waals surface area contributed by atoms with Crippen molar-refractivity contribution in [1.82, 2.24) is 19.4 Å². The molecule has 4 rings (SSSR count). The predicted molar refractivity (Wildman–Crippen MR) is 147 cm³/mol. The average molecular weight is 541 g/mol. The van der Waals surface area contributed by atoms with Crippen molar-refractivity contribution in [2.45, 2.75) is 85.0 Å². The summed E-state index contributed by atoms with van der Waals surface area (Å²) < 4.78 is 14.4. The Morgan fingerprint density at radius 1 is 1.21 bits per heavy atom. The van der Waals surface area contributed by atoms with Gasteiger partial charge < -0.3 is 23.8 Å². The fourth-order valence-corrected chi connectivity index (χ4v) is 5.26. The minimum absolute atomic E-state index is 0.102. The van der Waals surface area contributed by atoms with E-state index < -0.39 is 5.60 Å². The first-order chi connectivity index (χ1) is 18.6. The van der Waals surface area contributed by atoms with Gasteiger partial charge in [-0.3, -0.25) is 10.0 Å². The van der Waals surface area contributed by atoms with Gasteiger partial charge in [0.25, 0.3) is 11.7 Å². The van der Waals surface area contributed by atoms with Gasteiger partial charge in [-0.15, -0.1) is 0 Å². The summed E-state index contributed by atoms with van der Waals surface area (Å²) in [6.45, 7) is 12.6. The Kier molecular flexibility index (Phi) is 8.94. The number of para-hydroxylation sites is 1. The number of carbonyl (C=O) groups is 2. The molecule has 1 saturated heterocycles. The van der Waals surface area contributed by atoms with E-state index in [4.69, 9.17) is 14.5 Å². The second kappa shape index (κ2) is 12.2. The number of hydrogen-bond acceptors (Lipinski definition) is 6. The van der Waals surface area contributed by atoms with E-state index in [2.05, 4.69) is 4.57 Å². The topological polar surface area (TPSA) is 101 Å². The van der Waals surface area contributed by atoms with E-state index in [1.807, 2.05) is 56.9 Å². The number of pyridine rings is 1. The normalized spacial score (nSPS) is 14.6. The van der Waals surface area contributed by atoms with E-state index in [0.29, 0.717) is 43.9 Å². The van der Waals surface area contributed by atoms with Gasteiger partial charge in [-0.2, -0.15) is 0 Å². The molecule has 10 nitrogen and oxygen atoms in total. The molecule has 0 saturated carbocycles. The molecule has 10 heteroatoms. The lowest BCUT2D eigenvalue weighted by molar-refractivity contribution is -0.883. The number of imidazole rings is 1. The first-order valence-corrected chi connectivity index (χ1v) is 13.9. The van der Waals surface area contributed by atoms with Crippen molar-refractivity contribution in [3.8, 4) is 0 Å². The monoisotopic (exact) mass is 540 g/mol. The van der Waals surface area contributed by atoms with E-state index in [9.17, 15) is 14.8 Å². The predicted octanol–water partition coefficient (Wildman–Crippen LogP) is 4.28. The summed E-state index contributed by atoms with van der Waals surface area (Å²) in [5, 5.41) is 11.5. The van der Waals surface area contributed by atoms with Gasteiger partial charge in [0.05, 0.1) is 17.4 Å². The van der Waals surface area contributed by atoms with Gasteiger partial charge in [-0.1, -0.05) is 12.1 Å². The molecule has 0 spiro atoms. The highest BCUT2D eigenvalue weighted by molar-refractivity contribution is 6.00. The molecule has 3 heterocycles. The molecule has 39 heavy (non-hydrogen) atoms. The number of unbranched alkanes of at least 4 members (excludes halogenated alkanes) is 1. The maximum absolute atomic E-state index is 12.9. The zero-order valence-corrected chi connectivity index (χ0v) is 23.9. The third-order valence-corrected chi connectivity index (χ3v) is 7.16. The Morgan fingerprint density at radius 3 is 2.59 bits per heavy atom. The van der Waals surface area contributed by atoms with E-state index in [-0.39, 0.29) is 24.6 Å². The van der Waals surface area contributed by atoms with Crippen LogP contribution in [0.15, 0.2) is 30.5 Å². The third kappa shape index (κ3) is 6.79. The number of benzene rings is 1. The molecule has 0 atom stereocenters. The van der Waals surface area contributed by atoms with Gasteiger partial charge in [-0.05, 0) is 59.4 Å². The van der Waals surface area contributed by atoms with Crippen LogP contribution in [-0.2, 0) is 27.4 Å². The maximum atomic E-state index is 12.9. The number of aromatic nitrogens is 3. The van der Waals surface area contributed by atoms with Gasteiger partial charge >= 0.3 is 6.09 Å². The minimum Gasteiger partial charge on any atom is -0.444 e. The third-order valence-electron chi connectivity index (χ3n) is 7.16. The molecule has 3 aromatic rings. The first-order valence-electron chi connectivity index (χ1n) is 13.9. The molecule has 1 aliphatic heterocycles. The Morgan fingerprint density at radius 2 is 1.92 bits per heavy atom. The summed E-state index contributed by atoms with van der Waals surface area (Å²) in [6.07, 6.45) is 4.64. The number of amides is 2. The second-order valence-corrected chi connectivity index (χ2v) is 11.2. The van der Waals surface area contributed by atoms with Crippen molar-refractivity contribution in [2.75, 3.05) is 26.3 Å². The lowest BCUT2D eigenvalue weighted by atomic mass is 10.1. The molecule has 0 unspecified atom stereocenters. The molecular formula is C29H42N5O5+. The molecular weight excluding hydrogens is 498 g/mol. The highest BCUT2D eigenvalue weighted by Gasteiger charge is 2.26. The number of fused-ring (bicyclic) bond motifs is 3. The maximum Gasteiger partial charge on any atom is 0.410 e. The molecule has 0 aliphatic carbocycles. The lowest BCUT2D eigenvalue weighted by Gasteiger charge is -2.33. The average Bonchev–Trinajstić information content (AvgIpc) is 3.23. The van der Waals surface area contributed by atoms with E-state index in [0.717, 1.165) is 47.1 Å². The molecule has 1 N–H and O–H groups in total. The standard InChI is InChI=1S/C29H42N5O5/c1-6-31(28(36)39-29(3,4)5)20-26-30-24-19-34(37)25-12-8-7-11-23(25)27(24)33(26)16-10-9-15-32(21(2)35)22-13-17-38-18-14-22/h7-8,11-12,19,22,37H,6,9-10,13-18,20H2,1-5H3/q+1. The highest BCUT2D eigenvalue weighted by Crippen LogP contribution is 2.26. The lowest BCUT2D eigenvalue weighted by Crippen LogP contribution is -2.42. The minimum atomic E-state index is -0.601. The summed E-state index contributed by atoms with van der Waals surface area (Å²) >= 11 is 0. The molecule has 1 fully saturated rings. The van der Waals surface area contributed by atoms with E-state index >= 15 is 0 Å². The summed E-state index contributed by atoms with van der Waals surface area (Å²) in [5.41, 5.74) is 1.65. The first kappa shape index (κ1) is 28.6. The number of rotatable bonds is 9. The number of aryl methyl sites for hydroxylation is 1. The molecule has 2 amide bonds. The van der Waals surface area contributed by atoms with E-state index in [1.165, 1.54) is 0 Å². The zero-order valence-electron chi connectivity index (χ0n) is 23.9. The van der Waals surface area contributed by atoms with Crippen LogP contribution in [0.25, 0.3) is 21.9 Å². The Balaban J connectivity index is 1.61. The van der Waals surface area contributed by atoms with Crippen LogP contribution in [0.5, 0.6) is 0 Å². The molecule has 0 bridgehead atoms. The van der Waals surface area contributed by atoms with Gasteiger partial charge in [0.1, 0.15) is 11.4 Å². The van der Waals surface area contributed by atoms with E-state index in [1.54, 1.807) is 18.0 Å². The van der Waals surface area contributed by atoms with Crippen LogP contribution in [0.3, 0.4) is 0 Å². The van der Waals surface area contributed by atoms with Crippen LogP contribution in [0.1, 0.15) is 66.1 Å². The van der Waals surface area contributed by atoms with Crippen molar-refractivity contribution in [2.24, 2.45) is 0 Å². The summed E-state index contributed by atoms with van der Waals surface area (Å²) in [6, 6.07) is 7.90. The number of nitrogens with zero attached hydrogens (tertiary/aromatic N) is 5. The van der Waals surface area contributed by atoms with Crippen molar-refractivity contribution in [3.63, 3.8) is 0 Å². The van der Waals surface area contributed by atoms with Crippen LogP contribution < -0.4 is 4.73 Å². The highest BCUT2D eigenvalue weighted by atomic mass is 16.6. The van der Waals surface area contributed by atoms with Crippen LogP contribution in [0.2, 0.25) is 0 Å². The second-order valence-electron chi connectivity index (χ2n) is 11.2. The fourth-order valence-electron chi connectivity index (χ4n) is 5.26.